The molecule has 1 aromatic carbocycles. The van der Waals surface area contributed by atoms with E-state index in [0.717, 1.165) is 5.56 Å². The van der Waals surface area contributed by atoms with E-state index < -0.39 is 379 Å². The fourth-order valence-electron chi connectivity index (χ4n) is 17.1. The predicted molar refractivity (Wildman–Crippen MR) is 396 cm³/mol. The second kappa shape index (κ2) is 44.1. The van der Waals surface area contributed by atoms with Crippen LogP contribution in [0.4, 0.5) is 0 Å². The maximum absolute atomic E-state index is 11.6. The Kier molecular flexibility index (Phi) is 35.5. The van der Waals surface area contributed by atoms with Gasteiger partial charge in [-0.25, -0.2) is 0 Å². The van der Waals surface area contributed by atoms with E-state index in [1.54, 1.807) is 26.0 Å². The molecule has 10 saturated heterocycles. The number of methoxy groups -OCH3 is 1. The molecule has 11 aliphatic rings. The highest BCUT2D eigenvalue weighted by Crippen LogP contribution is 2.43. The average molecular weight is 1870 g/mol. The Hall–Kier alpha value is -3.84. The molecule has 11 aliphatic heterocycles. The summed E-state index contributed by atoms with van der Waals surface area (Å²) < 4.78 is 119. The van der Waals surface area contributed by atoms with E-state index in [1.807, 2.05) is 0 Å². The standard InChI is InChI=1S/C74H119NO53/c1-74(2)31(75-63(107)62(74)106)8-19-4-6-20(7-5-19)109-64-43(97)33(87)53(22(10-77)111-64)121-66-45(99)35(89)55(24(12-79)113-66)123-68-47(101)37(91)57(26(14-81)115-68)125-70-49(103)39(93)59(28(16-83)117-70)127-72-51(105)41(95)61(30(18-85)119-72)128-73-50(104)40(94)60(29(17-84)118-73)126-71-48(102)38(92)58(27(15-82)116-71)124-69-46(100)36(90)56(25(13-80)114-69)122-67-44(98)34(88)54(23(11-78)112-67)120-65-42(96)32(86)52(108-3)21(9-76)110-65/h4-7,21-61,64-73,75-107H,8-18H2,1-3H3. The molecule has 0 radical (unpaired) electrons. The van der Waals surface area contributed by atoms with Gasteiger partial charge in [0.25, 0.3) is 0 Å². The van der Waals surface area contributed by atoms with Crippen LogP contribution in [0.3, 0.4) is 0 Å². The molecular weight excluding hydrogens is 1750 g/mol. The van der Waals surface area contributed by atoms with Crippen molar-refractivity contribution >= 4 is 0 Å². The number of benzene rings is 1. The van der Waals surface area contributed by atoms with Crippen molar-refractivity contribution in [1.82, 2.24) is 5.32 Å². The molecule has 0 bridgehead atoms. The zero-order valence-corrected chi connectivity index (χ0v) is 68.4. The van der Waals surface area contributed by atoms with Crippen LogP contribution in [0, 0.1) is 5.41 Å². The Bertz CT molecular complexity index is 3560. The van der Waals surface area contributed by atoms with Crippen molar-refractivity contribution < 1.29 is 263 Å². The molecule has 0 aliphatic carbocycles. The molecule has 0 saturated carbocycles. The molecule has 0 spiro atoms. The summed E-state index contributed by atoms with van der Waals surface area (Å²) in [7, 11) is 1.17. The average Bonchev–Trinajstić information content (AvgIpc) is 1.03. The first-order valence-electron chi connectivity index (χ1n) is 41.1. The Balaban J connectivity index is 0.601. The molecule has 10 fully saturated rings. The quantitative estimate of drug-likeness (QED) is 0.0311. The van der Waals surface area contributed by atoms with Crippen LogP contribution in [-0.2, 0) is 101 Å². The van der Waals surface area contributed by atoms with E-state index in [2.05, 4.69) is 5.32 Å². The third-order valence-corrected chi connectivity index (χ3v) is 24.7. The van der Waals surface area contributed by atoms with E-state index in [0.29, 0.717) is 6.42 Å². The van der Waals surface area contributed by atoms with Gasteiger partial charge < -0.3 is 268 Å². The van der Waals surface area contributed by atoms with Gasteiger partial charge in [-0.2, -0.15) is 0 Å². The molecule has 738 valence electrons. The summed E-state index contributed by atoms with van der Waals surface area (Å²) in [6, 6.07) is 5.97. The zero-order chi connectivity index (χ0) is 93.4. The molecule has 51 unspecified atom stereocenters. The minimum Gasteiger partial charge on any atom is -0.506 e. The molecule has 128 heavy (non-hydrogen) atoms. The van der Waals surface area contributed by atoms with Crippen LogP contribution in [0.2, 0.25) is 0 Å². The third-order valence-electron chi connectivity index (χ3n) is 24.7. The van der Waals surface area contributed by atoms with Crippen molar-refractivity contribution in [3.05, 3.63) is 41.5 Å². The lowest BCUT2D eigenvalue weighted by atomic mass is 9.82. The van der Waals surface area contributed by atoms with Crippen molar-refractivity contribution in [2.24, 2.45) is 5.41 Å². The second-order valence-electron chi connectivity index (χ2n) is 33.3. The smallest absolute Gasteiger partial charge is 0.229 e. The summed E-state index contributed by atoms with van der Waals surface area (Å²) in [5.74, 6) is -0.402. The minimum absolute atomic E-state index is 0.135. The lowest BCUT2D eigenvalue weighted by Gasteiger charge is -2.50. The summed E-state index contributed by atoms with van der Waals surface area (Å²) in [6.07, 6.45) is -99.1. The first kappa shape index (κ1) is 103. The van der Waals surface area contributed by atoms with E-state index in [9.17, 15) is 163 Å². The van der Waals surface area contributed by atoms with Gasteiger partial charge >= 0.3 is 0 Å². The summed E-state index contributed by atoms with van der Waals surface area (Å²) in [4.78, 5) is 0. The lowest BCUT2D eigenvalue weighted by Crippen LogP contribution is -2.68. The normalized spacial score (nSPS) is 49.7. The molecule has 54 heteroatoms. The molecule has 54 nitrogen and oxygen atoms in total. The van der Waals surface area contributed by atoms with Crippen molar-refractivity contribution in [2.45, 2.75) is 333 Å². The minimum atomic E-state index is -2.33. The maximum Gasteiger partial charge on any atom is 0.229 e. The molecular formula is C74H119NO53. The van der Waals surface area contributed by atoms with E-state index in [-0.39, 0.29) is 23.4 Å². The van der Waals surface area contributed by atoms with Crippen molar-refractivity contribution in [1.29, 1.82) is 0 Å². The molecule has 51 atom stereocenters. The highest BCUT2D eigenvalue weighted by Gasteiger charge is 2.62. The fourth-order valence-corrected chi connectivity index (χ4v) is 17.1. The SMILES string of the molecule is COC1C(CO)OC(OC2C(CO)OC(OC3C(CO)OC(OC4C(CO)OC(OC5C(CO)OC(OC6C(CO)OC(OC7C(CO)OC(OC8C(CO)OC(OC9C(CO)OC(OC%10C(CO)OC(Oc%11ccc(CC%12NC(O)=C(O)C%12(C)C)cc%11)C(O)C%10O)C(O)C9O)C(O)C8O)C(O)C7O)C(O)C6O)C(O)C5O)C(O)C4O)C(O)C3O)C(O)C2O)C(O)C1O. The summed E-state index contributed by atoms with van der Waals surface area (Å²) in [6.45, 7) is -6.94. The van der Waals surface area contributed by atoms with Crippen LogP contribution < -0.4 is 10.1 Å². The van der Waals surface area contributed by atoms with Gasteiger partial charge in [0.2, 0.25) is 12.2 Å². The van der Waals surface area contributed by atoms with Crippen LogP contribution in [0.25, 0.3) is 0 Å². The Morgan fingerprint density at radius 3 is 0.602 bits per heavy atom. The zero-order valence-electron chi connectivity index (χ0n) is 68.4. The Morgan fingerprint density at radius 2 is 0.430 bits per heavy atom. The molecule has 11 heterocycles. The fraction of sp³-hybridized carbons (Fsp3) is 0.892. The second-order valence-corrected chi connectivity index (χ2v) is 33.3. The number of hydrogen-bond acceptors (Lipinski definition) is 54. The van der Waals surface area contributed by atoms with Gasteiger partial charge in [-0.1, -0.05) is 26.0 Å². The van der Waals surface area contributed by atoms with Crippen LogP contribution >= 0.6 is 0 Å². The maximum atomic E-state index is 11.6. The topological polar surface area (TPSA) is 853 Å². The lowest BCUT2D eigenvalue weighted by molar-refractivity contribution is -0.400. The number of nitrogens with one attached hydrogen (secondary N) is 1. The highest BCUT2D eigenvalue weighted by molar-refractivity contribution is 5.30. The van der Waals surface area contributed by atoms with Crippen LogP contribution in [-0.4, -0.2) is 550 Å². The molecule has 33 N–H and O–H groups in total. The van der Waals surface area contributed by atoms with Crippen molar-refractivity contribution in [2.75, 3.05) is 73.2 Å². The van der Waals surface area contributed by atoms with Gasteiger partial charge in [0, 0.05) is 18.6 Å². The summed E-state index contributed by atoms with van der Waals surface area (Å²) >= 11 is 0. The van der Waals surface area contributed by atoms with Gasteiger partial charge in [-0.15, -0.1) is 0 Å². The van der Waals surface area contributed by atoms with Gasteiger partial charge in [-0.3, -0.25) is 0 Å². The van der Waals surface area contributed by atoms with Crippen LogP contribution in [0.15, 0.2) is 35.9 Å². The van der Waals surface area contributed by atoms with Gasteiger partial charge in [-0.05, 0) is 24.1 Å². The van der Waals surface area contributed by atoms with Crippen LogP contribution in [0.5, 0.6) is 5.75 Å². The molecule has 0 aromatic heterocycles. The van der Waals surface area contributed by atoms with Crippen molar-refractivity contribution in [3.8, 4) is 5.75 Å². The molecule has 1 aromatic rings. The largest absolute Gasteiger partial charge is 0.506 e. The predicted octanol–water partition coefficient (Wildman–Crippen LogP) is -19.2. The monoisotopic (exact) mass is 1870 g/mol. The summed E-state index contributed by atoms with van der Waals surface area (Å²) in [5, 5.41) is 354. The van der Waals surface area contributed by atoms with Crippen LogP contribution in [0.1, 0.15) is 19.4 Å². The summed E-state index contributed by atoms with van der Waals surface area (Å²) in [5.41, 5.74) is -0.0573. The third kappa shape index (κ3) is 21.0. The highest BCUT2D eigenvalue weighted by atomic mass is 16.8. The Morgan fingerprint density at radius 1 is 0.258 bits per heavy atom. The van der Waals surface area contributed by atoms with E-state index in [1.165, 1.54) is 19.2 Å². The van der Waals surface area contributed by atoms with Gasteiger partial charge in [0.1, 0.15) is 250 Å². The molecule has 12 rings (SSSR count). The van der Waals surface area contributed by atoms with Gasteiger partial charge in [0.15, 0.2) is 62.4 Å². The Labute approximate surface area is 725 Å². The number of ether oxygens (including phenoxy) is 21. The van der Waals surface area contributed by atoms with E-state index >= 15 is 0 Å². The number of rotatable bonds is 33. The van der Waals surface area contributed by atoms with Crippen molar-refractivity contribution in [3.63, 3.8) is 0 Å². The number of hydrogen-bond donors (Lipinski definition) is 33. The first-order chi connectivity index (χ1) is 60.8. The van der Waals surface area contributed by atoms with E-state index in [4.69, 9.17) is 99.5 Å². The first-order valence-corrected chi connectivity index (χ1v) is 41.1. The van der Waals surface area contributed by atoms with Gasteiger partial charge in [0.05, 0.1) is 66.1 Å². The number of aliphatic hydroxyl groups excluding tert-OH is 32. The number of aliphatic hydroxyl groups is 32. The molecule has 0 amide bonds.